The molecule has 1 aromatic rings. The second kappa shape index (κ2) is 5.10. The van der Waals surface area contributed by atoms with Crippen molar-refractivity contribution in [3.8, 4) is 0 Å². The molecule has 0 aromatic heterocycles. The molecule has 1 heterocycles. The maximum absolute atomic E-state index is 14.2. The fourth-order valence-corrected chi connectivity index (χ4v) is 2.68. The van der Waals surface area contributed by atoms with Crippen molar-refractivity contribution < 1.29 is 14.2 Å². The van der Waals surface area contributed by atoms with Crippen LogP contribution in [0.15, 0.2) is 18.2 Å². The van der Waals surface area contributed by atoms with Crippen LogP contribution in [0.5, 0.6) is 0 Å². The van der Waals surface area contributed by atoms with Crippen LogP contribution in [0, 0.1) is 5.82 Å². The molecule has 1 saturated heterocycles. The highest BCUT2D eigenvalue weighted by molar-refractivity contribution is 5.50. The van der Waals surface area contributed by atoms with E-state index in [9.17, 15) is 9.50 Å². The van der Waals surface area contributed by atoms with E-state index in [1.807, 2.05) is 25.7 Å². The van der Waals surface area contributed by atoms with E-state index in [2.05, 4.69) is 0 Å². The van der Waals surface area contributed by atoms with E-state index in [1.54, 1.807) is 19.1 Å². The first kappa shape index (κ1) is 14.3. The number of ether oxygens (including phenoxy) is 1. The molecule has 0 spiro atoms. The van der Waals surface area contributed by atoms with Crippen molar-refractivity contribution in [2.45, 2.75) is 45.5 Å². The monoisotopic (exact) mass is 267 g/mol. The van der Waals surface area contributed by atoms with Gasteiger partial charge >= 0.3 is 0 Å². The Morgan fingerprint density at radius 3 is 2.68 bits per heavy atom. The largest absolute Gasteiger partial charge is 0.389 e. The molecule has 4 heteroatoms. The van der Waals surface area contributed by atoms with Crippen LogP contribution in [0.1, 0.15) is 39.4 Å². The van der Waals surface area contributed by atoms with Crippen molar-refractivity contribution >= 4 is 5.69 Å². The Morgan fingerprint density at radius 1 is 1.47 bits per heavy atom. The molecule has 106 valence electrons. The third kappa shape index (κ3) is 3.25. The van der Waals surface area contributed by atoms with Crippen molar-refractivity contribution in [1.29, 1.82) is 0 Å². The van der Waals surface area contributed by atoms with Crippen LogP contribution in [-0.2, 0) is 4.74 Å². The first-order chi connectivity index (χ1) is 8.78. The highest BCUT2D eigenvalue weighted by Crippen LogP contribution is 2.29. The average Bonchev–Trinajstić information content (AvgIpc) is 2.25. The molecule has 1 N–H and O–H groups in total. The van der Waals surface area contributed by atoms with Gasteiger partial charge in [0.25, 0.3) is 0 Å². The van der Waals surface area contributed by atoms with Crippen LogP contribution in [0.4, 0.5) is 10.1 Å². The summed E-state index contributed by atoms with van der Waals surface area (Å²) in [5.74, 6) is -0.289. The molecule has 2 rings (SSSR count). The van der Waals surface area contributed by atoms with Crippen molar-refractivity contribution in [1.82, 2.24) is 0 Å². The van der Waals surface area contributed by atoms with Crippen LogP contribution >= 0.6 is 0 Å². The molecule has 1 fully saturated rings. The van der Waals surface area contributed by atoms with Crippen molar-refractivity contribution in [2.24, 2.45) is 0 Å². The maximum atomic E-state index is 14.2. The minimum absolute atomic E-state index is 0.0691. The Morgan fingerprint density at radius 2 is 2.16 bits per heavy atom. The molecule has 1 aliphatic heterocycles. The van der Waals surface area contributed by atoms with Gasteiger partial charge in [-0.25, -0.2) is 4.39 Å². The molecule has 1 aliphatic rings. The topological polar surface area (TPSA) is 32.7 Å². The molecule has 19 heavy (non-hydrogen) atoms. The molecule has 0 amide bonds. The van der Waals surface area contributed by atoms with Gasteiger partial charge in [-0.15, -0.1) is 0 Å². The van der Waals surface area contributed by atoms with E-state index in [0.29, 0.717) is 24.3 Å². The number of anilines is 1. The number of aliphatic hydroxyl groups excluding tert-OH is 1. The third-order valence-electron chi connectivity index (χ3n) is 3.36. The minimum Gasteiger partial charge on any atom is -0.389 e. The van der Waals surface area contributed by atoms with Gasteiger partial charge in [-0.1, -0.05) is 6.07 Å². The van der Waals surface area contributed by atoms with Crippen LogP contribution in [-0.4, -0.2) is 29.9 Å². The smallest absolute Gasteiger partial charge is 0.146 e. The van der Waals surface area contributed by atoms with E-state index >= 15 is 0 Å². The number of rotatable bonds is 2. The Hall–Kier alpha value is -1.13. The van der Waals surface area contributed by atoms with Gasteiger partial charge in [-0.2, -0.15) is 0 Å². The van der Waals surface area contributed by atoms with Crippen LogP contribution in [0.2, 0.25) is 0 Å². The van der Waals surface area contributed by atoms with Gasteiger partial charge in [0, 0.05) is 13.1 Å². The van der Waals surface area contributed by atoms with E-state index in [-0.39, 0.29) is 17.5 Å². The molecular weight excluding hydrogens is 245 g/mol. The first-order valence-corrected chi connectivity index (χ1v) is 6.69. The minimum atomic E-state index is -0.649. The van der Waals surface area contributed by atoms with Gasteiger partial charge < -0.3 is 14.7 Å². The summed E-state index contributed by atoms with van der Waals surface area (Å²) in [5.41, 5.74) is 0.891. The van der Waals surface area contributed by atoms with Gasteiger partial charge in [0.2, 0.25) is 0 Å². The predicted octanol–water partition coefficient (Wildman–Crippen LogP) is 2.88. The van der Waals surface area contributed by atoms with Crippen LogP contribution in [0.25, 0.3) is 0 Å². The third-order valence-corrected chi connectivity index (χ3v) is 3.36. The second-order valence-electron chi connectivity index (χ2n) is 5.96. The number of morpholine rings is 1. The van der Waals surface area contributed by atoms with Crippen molar-refractivity contribution in [3.63, 3.8) is 0 Å². The summed E-state index contributed by atoms with van der Waals surface area (Å²) in [5, 5.41) is 9.47. The highest BCUT2D eigenvalue weighted by atomic mass is 19.1. The fraction of sp³-hybridized carbons (Fsp3) is 0.600. The number of benzene rings is 1. The highest BCUT2D eigenvalue weighted by Gasteiger charge is 2.32. The lowest BCUT2D eigenvalue weighted by molar-refractivity contribution is -0.0751. The normalized spacial score (nSPS) is 24.3. The number of nitrogens with zero attached hydrogens (tertiary/aromatic N) is 1. The molecule has 1 unspecified atom stereocenters. The van der Waals surface area contributed by atoms with E-state index < -0.39 is 6.10 Å². The molecule has 3 nitrogen and oxygen atoms in total. The van der Waals surface area contributed by atoms with Gasteiger partial charge in [-0.3, -0.25) is 0 Å². The molecule has 0 aliphatic carbocycles. The molecule has 0 radical (unpaired) electrons. The predicted molar refractivity (Wildman–Crippen MR) is 73.9 cm³/mol. The Balaban J connectivity index is 2.26. The summed E-state index contributed by atoms with van der Waals surface area (Å²) in [7, 11) is 0. The summed E-state index contributed by atoms with van der Waals surface area (Å²) in [6.07, 6.45) is -0.580. The number of hydrogen-bond donors (Lipinski definition) is 1. The lowest BCUT2D eigenvalue weighted by Gasteiger charge is -2.43. The summed E-state index contributed by atoms with van der Waals surface area (Å²) < 4.78 is 20.0. The van der Waals surface area contributed by atoms with Crippen LogP contribution in [0.3, 0.4) is 0 Å². The van der Waals surface area contributed by atoms with Gasteiger partial charge in [-0.05, 0) is 45.4 Å². The number of halogens is 1. The Labute approximate surface area is 114 Å². The van der Waals surface area contributed by atoms with E-state index in [4.69, 9.17) is 4.74 Å². The quantitative estimate of drug-likeness (QED) is 0.894. The van der Waals surface area contributed by atoms with Gasteiger partial charge in [0.1, 0.15) is 5.82 Å². The zero-order chi connectivity index (χ0) is 14.2. The van der Waals surface area contributed by atoms with Gasteiger partial charge in [0.05, 0.1) is 23.5 Å². The molecule has 0 bridgehead atoms. The lowest BCUT2D eigenvalue weighted by Crippen LogP contribution is -2.52. The molecular formula is C15H22FNO2. The zero-order valence-corrected chi connectivity index (χ0v) is 12.0. The summed E-state index contributed by atoms with van der Waals surface area (Å²) in [6.45, 7) is 8.98. The van der Waals surface area contributed by atoms with Crippen molar-refractivity contribution in [2.75, 3.05) is 18.0 Å². The molecule has 0 saturated carbocycles. The van der Waals surface area contributed by atoms with Crippen LogP contribution < -0.4 is 4.90 Å². The summed E-state index contributed by atoms with van der Waals surface area (Å²) in [4.78, 5) is 2.01. The van der Waals surface area contributed by atoms with Crippen molar-refractivity contribution in [3.05, 3.63) is 29.6 Å². The Bertz CT molecular complexity index is 459. The van der Waals surface area contributed by atoms with E-state index in [1.165, 1.54) is 6.07 Å². The average molecular weight is 267 g/mol. The zero-order valence-electron chi connectivity index (χ0n) is 12.0. The van der Waals surface area contributed by atoms with Gasteiger partial charge in [0.15, 0.2) is 0 Å². The number of aliphatic hydroxyl groups is 1. The van der Waals surface area contributed by atoms with E-state index in [0.717, 1.165) is 0 Å². The summed E-state index contributed by atoms with van der Waals surface area (Å²) >= 11 is 0. The first-order valence-electron chi connectivity index (χ1n) is 6.69. The molecule has 1 aromatic carbocycles. The molecule has 2 atom stereocenters. The fourth-order valence-electron chi connectivity index (χ4n) is 2.68. The standard InChI is InChI=1S/C15H22FNO2/c1-10-8-17(9-15(3,4)19-10)14-6-5-12(11(2)18)7-13(14)16/h5-7,10-11,18H,8-9H2,1-4H3/t10?,11-/m0/s1. The number of hydrogen-bond acceptors (Lipinski definition) is 3. The second-order valence-corrected chi connectivity index (χ2v) is 5.96. The summed E-state index contributed by atoms with van der Waals surface area (Å²) in [6, 6.07) is 4.93. The SMILES string of the molecule is CC1CN(c2ccc([C@H](C)O)cc2F)CC(C)(C)O1. The Kier molecular flexibility index (Phi) is 3.83. The lowest BCUT2D eigenvalue weighted by atomic mass is 10.0. The maximum Gasteiger partial charge on any atom is 0.146 e.